The van der Waals surface area contributed by atoms with Gasteiger partial charge in [0.05, 0.1) is 20.6 Å². The summed E-state index contributed by atoms with van der Waals surface area (Å²) in [6.07, 6.45) is 10.6. The van der Waals surface area contributed by atoms with Crippen LogP contribution in [-0.4, -0.2) is 15.7 Å². The summed E-state index contributed by atoms with van der Waals surface area (Å²) in [6, 6.07) is 12.8. The van der Waals surface area contributed by atoms with Crippen molar-refractivity contribution in [2.45, 2.75) is 80.7 Å². The van der Waals surface area contributed by atoms with E-state index >= 15 is 0 Å². The van der Waals surface area contributed by atoms with Gasteiger partial charge < -0.3 is 0 Å². The SMILES string of the molecule is O=S1c2c3cccc2Sc2cccc(c21)SCCCCCCCCCCS3. The lowest BCUT2D eigenvalue weighted by Gasteiger charge is -2.22. The maximum atomic E-state index is 13.6. The molecule has 2 bridgehead atoms. The van der Waals surface area contributed by atoms with Crippen molar-refractivity contribution in [2.75, 3.05) is 11.5 Å². The molecule has 2 aromatic carbocycles. The van der Waals surface area contributed by atoms with E-state index < -0.39 is 10.8 Å². The minimum absolute atomic E-state index is 1.05. The smallest absolute Gasteiger partial charge is 0.0895 e. The molecule has 2 aromatic rings. The van der Waals surface area contributed by atoms with Crippen LogP contribution >= 0.6 is 35.3 Å². The van der Waals surface area contributed by atoms with E-state index in [2.05, 4.69) is 36.4 Å². The van der Waals surface area contributed by atoms with Gasteiger partial charge in [0, 0.05) is 19.6 Å². The van der Waals surface area contributed by atoms with Gasteiger partial charge in [0.2, 0.25) is 0 Å². The van der Waals surface area contributed by atoms with E-state index in [9.17, 15) is 4.21 Å². The van der Waals surface area contributed by atoms with Gasteiger partial charge in [-0.2, -0.15) is 0 Å². The van der Waals surface area contributed by atoms with Gasteiger partial charge in [-0.15, -0.1) is 23.5 Å². The molecule has 0 aliphatic carbocycles. The molecule has 0 fully saturated rings. The van der Waals surface area contributed by atoms with E-state index in [-0.39, 0.29) is 0 Å². The zero-order valence-electron chi connectivity index (χ0n) is 15.6. The van der Waals surface area contributed by atoms with Crippen LogP contribution < -0.4 is 0 Å². The van der Waals surface area contributed by atoms with Crippen molar-refractivity contribution >= 4 is 46.1 Å². The molecule has 0 aromatic heterocycles. The average Bonchev–Trinajstić information content (AvgIpc) is 2.68. The fraction of sp³-hybridized carbons (Fsp3) is 0.455. The van der Waals surface area contributed by atoms with Crippen LogP contribution in [0.3, 0.4) is 0 Å². The fourth-order valence-corrected chi connectivity index (χ4v) is 9.35. The molecule has 0 N–H and O–H groups in total. The summed E-state index contributed by atoms with van der Waals surface area (Å²) in [5.74, 6) is 2.25. The molecular weight excluding hydrogens is 409 g/mol. The van der Waals surface area contributed by atoms with Crippen LogP contribution in [0.5, 0.6) is 0 Å². The molecule has 0 saturated carbocycles. The maximum absolute atomic E-state index is 13.6. The van der Waals surface area contributed by atoms with Gasteiger partial charge in [-0.05, 0) is 48.6 Å². The lowest BCUT2D eigenvalue weighted by molar-refractivity contribution is 0.587. The van der Waals surface area contributed by atoms with E-state index in [1.165, 1.54) is 70.9 Å². The van der Waals surface area contributed by atoms with E-state index in [4.69, 9.17) is 0 Å². The molecule has 0 radical (unpaired) electrons. The van der Waals surface area contributed by atoms with Crippen LogP contribution in [0.25, 0.3) is 0 Å². The second-order valence-corrected chi connectivity index (χ2v) is 11.8. The molecule has 27 heavy (non-hydrogen) atoms. The summed E-state index contributed by atoms with van der Waals surface area (Å²) < 4.78 is 13.6. The lowest BCUT2D eigenvalue weighted by atomic mass is 10.1. The van der Waals surface area contributed by atoms with Crippen LogP contribution in [-0.2, 0) is 10.8 Å². The fourth-order valence-electron chi connectivity index (χ4n) is 3.59. The van der Waals surface area contributed by atoms with E-state index in [1.807, 2.05) is 23.5 Å². The molecule has 2 aliphatic heterocycles. The Hall–Kier alpha value is -0.360. The van der Waals surface area contributed by atoms with E-state index in [0.29, 0.717) is 0 Å². The molecule has 2 aliphatic rings. The molecule has 2 heterocycles. The van der Waals surface area contributed by atoms with Crippen molar-refractivity contribution < 1.29 is 4.21 Å². The number of hydrogen-bond acceptors (Lipinski definition) is 4. The minimum Gasteiger partial charge on any atom is -0.249 e. The largest absolute Gasteiger partial charge is 0.249 e. The normalized spacial score (nSPS) is 19.4. The summed E-state index contributed by atoms with van der Waals surface area (Å²) in [4.78, 5) is 6.88. The summed E-state index contributed by atoms with van der Waals surface area (Å²) in [5, 5.41) is 0. The van der Waals surface area contributed by atoms with E-state index in [1.54, 1.807) is 11.8 Å². The third-order valence-electron chi connectivity index (χ3n) is 5.03. The Morgan fingerprint density at radius 1 is 0.593 bits per heavy atom. The van der Waals surface area contributed by atoms with Crippen molar-refractivity contribution in [1.29, 1.82) is 0 Å². The van der Waals surface area contributed by atoms with Crippen LogP contribution in [0, 0.1) is 0 Å². The minimum atomic E-state index is -1.08. The van der Waals surface area contributed by atoms with Gasteiger partial charge in [0.1, 0.15) is 0 Å². The average molecular weight is 435 g/mol. The summed E-state index contributed by atoms with van der Waals surface area (Å²) in [5.41, 5.74) is 0. The Labute approximate surface area is 178 Å². The highest BCUT2D eigenvalue weighted by molar-refractivity contribution is 8.03. The van der Waals surface area contributed by atoms with Crippen molar-refractivity contribution in [1.82, 2.24) is 0 Å². The first kappa shape index (κ1) is 19.9. The van der Waals surface area contributed by atoms with E-state index in [0.717, 1.165) is 21.3 Å². The van der Waals surface area contributed by atoms with Gasteiger partial charge in [0.25, 0.3) is 0 Å². The van der Waals surface area contributed by atoms with Crippen molar-refractivity contribution in [3.8, 4) is 0 Å². The third kappa shape index (κ3) is 4.80. The second kappa shape index (κ2) is 9.91. The molecule has 0 amide bonds. The zero-order valence-corrected chi connectivity index (χ0v) is 18.8. The highest BCUT2D eigenvalue weighted by atomic mass is 32.2. The number of thioether (sulfide) groups is 2. The Bertz CT molecular complexity index is 752. The Kier molecular flexibility index (Phi) is 7.31. The van der Waals surface area contributed by atoms with Crippen LogP contribution in [0.1, 0.15) is 51.4 Å². The summed E-state index contributed by atoms with van der Waals surface area (Å²) in [7, 11) is -1.08. The second-order valence-electron chi connectivity index (χ2n) is 7.06. The Balaban J connectivity index is 1.66. The number of benzene rings is 2. The highest BCUT2D eigenvalue weighted by Gasteiger charge is 2.28. The molecule has 0 saturated heterocycles. The summed E-state index contributed by atoms with van der Waals surface area (Å²) >= 11 is 5.58. The van der Waals surface area contributed by atoms with Crippen LogP contribution in [0.15, 0.2) is 65.8 Å². The molecule has 5 heteroatoms. The number of rotatable bonds is 0. The lowest BCUT2D eigenvalue weighted by Crippen LogP contribution is -2.06. The van der Waals surface area contributed by atoms with Crippen LogP contribution in [0.2, 0.25) is 0 Å². The molecule has 144 valence electrons. The van der Waals surface area contributed by atoms with Gasteiger partial charge in [-0.3, -0.25) is 0 Å². The molecule has 1 nitrogen and oxygen atoms in total. The topological polar surface area (TPSA) is 17.1 Å². The first-order chi connectivity index (χ1) is 13.3. The zero-order chi connectivity index (χ0) is 18.5. The highest BCUT2D eigenvalue weighted by Crippen LogP contribution is 2.48. The van der Waals surface area contributed by atoms with Gasteiger partial charge in [-0.25, -0.2) is 4.21 Å². The first-order valence-electron chi connectivity index (χ1n) is 9.96. The Morgan fingerprint density at radius 2 is 1.00 bits per heavy atom. The molecular formula is C22H26OS4. The van der Waals surface area contributed by atoms with Crippen LogP contribution in [0.4, 0.5) is 0 Å². The standard InChI is InChI=1S/C22H26OS4/c23-27-21-17-11-9-13-19(21)26-20-14-10-12-18(22(20)27)25-16-8-6-4-2-1-3-5-7-15-24-17/h9-14H,1-8,15-16H2. The van der Waals surface area contributed by atoms with Crippen molar-refractivity contribution in [3.63, 3.8) is 0 Å². The third-order valence-corrected chi connectivity index (χ3v) is 10.6. The van der Waals surface area contributed by atoms with Crippen molar-refractivity contribution in [3.05, 3.63) is 36.4 Å². The van der Waals surface area contributed by atoms with Gasteiger partial charge >= 0.3 is 0 Å². The quantitative estimate of drug-likeness (QED) is 0.361. The Morgan fingerprint density at radius 3 is 1.48 bits per heavy atom. The monoisotopic (exact) mass is 434 g/mol. The maximum Gasteiger partial charge on any atom is 0.0895 e. The predicted molar refractivity (Wildman–Crippen MR) is 120 cm³/mol. The molecule has 4 rings (SSSR count). The van der Waals surface area contributed by atoms with Gasteiger partial charge in [0.15, 0.2) is 0 Å². The van der Waals surface area contributed by atoms with Gasteiger partial charge in [-0.1, -0.05) is 62.4 Å². The number of hydrogen-bond donors (Lipinski definition) is 0. The first-order valence-corrected chi connectivity index (χ1v) is 13.9. The van der Waals surface area contributed by atoms with Crippen molar-refractivity contribution in [2.24, 2.45) is 0 Å². The molecule has 0 atom stereocenters. The predicted octanol–water partition coefficient (Wildman–Crippen LogP) is 7.64. The summed E-state index contributed by atoms with van der Waals surface area (Å²) in [6.45, 7) is 0. The molecule has 0 unspecified atom stereocenters. The molecule has 0 spiro atoms.